The molecule has 114 valence electrons. The number of nitrogens with one attached hydrogen (secondary N) is 2. The van der Waals surface area contributed by atoms with Gasteiger partial charge in [0.1, 0.15) is 5.54 Å². The van der Waals surface area contributed by atoms with Gasteiger partial charge in [0.25, 0.3) is 0 Å². The molecule has 20 heavy (non-hydrogen) atoms. The average molecular weight is 286 g/mol. The molecule has 0 aromatic heterocycles. The standard InChI is InChI=1S/C13H22N2O5/c16-10-4-2-1-3-9(10)14-12(19)15-13(11(17)18)5-7-20-8-6-13/h9-10,16H,1-8H2,(H,17,18)(H2,14,15,19). The highest BCUT2D eigenvalue weighted by Gasteiger charge is 2.42. The molecule has 1 saturated heterocycles. The molecule has 0 spiro atoms. The highest BCUT2D eigenvalue weighted by Crippen LogP contribution is 2.22. The monoisotopic (exact) mass is 286 g/mol. The molecule has 2 fully saturated rings. The van der Waals surface area contributed by atoms with E-state index in [4.69, 9.17) is 4.74 Å². The van der Waals surface area contributed by atoms with E-state index in [2.05, 4.69) is 10.6 Å². The Bertz CT molecular complexity index is 368. The number of aliphatic carboxylic acids is 1. The Morgan fingerprint density at radius 2 is 1.80 bits per heavy atom. The third-order valence-corrected chi connectivity index (χ3v) is 4.15. The summed E-state index contributed by atoms with van der Waals surface area (Å²) in [4.78, 5) is 23.4. The Balaban J connectivity index is 1.93. The van der Waals surface area contributed by atoms with Gasteiger partial charge in [0, 0.05) is 26.1 Å². The molecule has 7 heteroatoms. The molecule has 1 aliphatic heterocycles. The van der Waals surface area contributed by atoms with E-state index in [0.29, 0.717) is 19.6 Å². The first kappa shape index (κ1) is 15.1. The zero-order valence-corrected chi connectivity index (χ0v) is 11.4. The molecule has 2 unspecified atom stereocenters. The summed E-state index contributed by atoms with van der Waals surface area (Å²) in [5, 5.41) is 24.4. The van der Waals surface area contributed by atoms with Crippen molar-refractivity contribution in [2.45, 2.75) is 56.2 Å². The maximum absolute atomic E-state index is 12.0. The number of rotatable bonds is 3. The number of carboxylic acids is 1. The minimum Gasteiger partial charge on any atom is -0.480 e. The number of urea groups is 1. The van der Waals surface area contributed by atoms with Crippen molar-refractivity contribution in [1.82, 2.24) is 10.6 Å². The Morgan fingerprint density at radius 3 is 2.40 bits per heavy atom. The van der Waals surface area contributed by atoms with Crippen LogP contribution in [0.15, 0.2) is 0 Å². The molecule has 4 N–H and O–H groups in total. The van der Waals surface area contributed by atoms with E-state index in [1.54, 1.807) is 0 Å². The fourth-order valence-electron chi connectivity index (χ4n) is 2.81. The molecule has 0 aromatic carbocycles. The van der Waals surface area contributed by atoms with Crippen LogP contribution in [0.4, 0.5) is 4.79 Å². The van der Waals surface area contributed by atoms with Crippen molar-refractivity contribution in [3.8, 4) is 0 Å². The van der Waals surface area contributed by atoms with E-state index < -0.39 is 23.6 Å². The summed E-state index contributed by atoms with van der Waals surface area (Å²) in [7, 11) is 0. The van der Waals surface area contributed by atoms with Crippen LogP contribution in [-0.2, 0) is 9.53 Å². The summed E-state index contributed by atoms with van der Waals surface area (Å²) >= 11 is 0. The summed E-state index contributed by atoms with van der Waals surface area (Å²) in [6.07, 6.45) is 3.26. The summed E-state index contributed by atoms with van der Waals surface area (Å²) in [5.74, 6) is -1.04. The first-order valence-electron chi connectivity index (χ1n) is 7.11. The van der Waals surface area contributed by atoms with Crippen LogP contribution in [0.1, 0.15) is 38.5 Å². The maximum Gasteiger partial charge on any atom is 0.329 e. The largest absolute Gasteiger partial charge is 0.480 e. The van der Waals surface area contributed by atoms with Gasteiger partial charge < -0.3 is 25.6 Å². The van der Waals surface area contributed by atoms with Crippen LogP contribution in [-0.4, -0.2) is 53.1 Å². The van der Waals surface area contributed by atoms with Crippen LogP contribution in [0.2, 0.25) is 0 Å². The predicted octanol–water partition coefficient (Wildman–Crippen LogP) is 0.223. The molecule has 0 radical (unpaired) electrons. The molecule has 0 aromatic rings. The number of hydrogen-bond donors (Lipinski definition) is 4. The van der Waals surface area contributed by atoms with E-state index in [1.807, 2.05) is 0 Å². The van der Waals surface area contributed by atoms with Gasteiger partial charge in [-0.3, -0.25) is 0 Å². The van der Waals surface area contributed by atoms with Crippen molar-refractivity contribution in [3.63, 3.8) is 0 Å². The number of aliphatic hydroxyl groups excluding tert-OH is 1. The first-order valence-corrected chi connectivity index (χ1v) is 7.11. The van der Waals surface area contributed by atoms with Gasteiger partial charge in [-0.1, -0.05) is 12.8 Å². The lowest BCUT2D eigenvalue weighted by atomic mass is 9.90. The average Bonchev–Trinajstić information content (AvgIpc) is 2.42. The second-order valence-electron chi connectivity index (χ2n) is 5.56. The Hall–Kier alpha value is -1.34. The van der Waals surface area contributed by atoms with Gasteiger partial charge in [0.05, 0.1) is 12.1 Å². The van der Waals surface area contributed by atoms with Gasteiger partial charge >= 0.3 is 12.0 Å². The molecular weight excluding hydrogens is 264 g/mol. The van der Waals surface area contributed by atoms with Crippen LogP contribution in [0, 0.1) is 0 Å². The van der Waals surface area contributed by atoms with E-state index in [9.17, 15) is 19.8 Å². The highest BCUT2D eigenvalue weighted by molar-refractivity contribution is 5.86. The van der Waals surface area contributed by atoms with Crippen molar-refractivity contribution < 1.29 is 24.5 Å². The van der Waals surface area contributed by atoms with Gasteiger partial charge in [0.15, 0.2) is 0 Å². The van der Waals surface area contributed by atoms with Crippen LogP contribution in [0.25, 0.3) is 0 Å². The van der Waals surface area contributed by atoms with Gasteiger partial charge in [-0.05, 0) is 12.8 Å². The minimum absolute atomic E-state index is 0.253. The minimum atomic E-state index is -1.26. The normalized spacial score (nSPS) is 29.4. The molecule has 1 saturated carbocycles. The van der Waals surface area contributed by atoms with E-state index in [1.165, 1.54) is 0 Å². The quantitative estimate of drug-likeness (QED) is 0.594. The van der Waals surface area contributed by atoms with Crippen molar-refractivity contribution >= 4 is 12.0 Å². The van der Waals surface area contributed by atoms with Crippen molar-refractivity contribution in [2.75, 3.05) is 13.2 Å². The predicted molar refractivity (Wildman–Crippen MR) is 70.4 cm³/mol. The Kier molecular flexibility index (Phi) is 4.82. The third-order valence-electron chi connectivity index (χ3n) is 4.15. The van der Waals surface area contributed by atoms with E-state index in [0.717, 1.165) is 19.3 Å². The summed E-state index contributed by atoms with van der Waals surface area (Å²) < 4.78 is 5.15. The van der Waals surface area contributed by atoms with E-state index >= 15 is 0 Å². The number of carbonyl (C=O) groups is 2. The lowest BCUT2D eigenvalue weighted by molar-refractivity contribution is -0.148. The van der Waals surface area contributed by atoms with Crippen LogP contribution in [0.5, 0.6) is 0 Å². The zero-order chi connectivity index (χ0) is 14.6. The summed E-state index contributed by atoms with van der Waals surface area (Å²) in [6, 6.07) is -0.824. The van der Waals surface area contributed by atoms with Crippen molar-refractivity contribution in [3.05, 3.63) is 0 Å². The fraction of sp³-hybridized carbons (Fsp3) is 0.846. The molecular formula is C13H22N2O5. The number of carbonyl (C=O) groups excluding carboxylic acids is 1. The number of hydrogen-bond acceptors (Lipinski definition) is 4. The highest BCUT2D eigenvalue weighted by atomic mass is 16.5. The third kappa shape index (κ3) is 3.40. The maximum atomic E-state index is 12.0. The summed E-state index contributed by atoms with van der Waals surface area (Å²) in [6.45, 7) is 0.636. The van der Waals surface area contributed by atoms with Crippen molar-refractivity contribution in [1.29, 1.82) is 0 Å². The lowest BCUT2D eigenvalue weighted by Crippen LogP contribution is -2.61. The molecule has 2 atom stereocenters. The molecule has 2 rings (SSSR count). The number of ether oxygens (including phenoxy) is 1. The molecule has 1 heterocycles. The number of carboxylic acid groups (broad SMARTS) is 1. The molecule has 2 aliphatic rings. The second kappa shape index (κ2) is 6.41. The SMILES string of the molecule is O=C(NC1CCCCC1O)NC1(C(=O)O)CCOCC1. The smallest absolute Gasteiger partial charge is 0.329 e. The van der Waals surface area contributed by atoms with Crippen LogP contribution >= 0.6 is 0 Å². The summed E-state index contributed by atoms with van der Waals surface area (Å²) in [5.41, 5.74) is -1.26. The Labute approximate surface area is 117 Å². The van der Waals surface area contributed by atoms with E-state index in [-0.39, 0.29) is 18.9 Å². The fourth-order valence-corrected chi connectivity index (χ4v) is 2.81. The zero-order valence-electron chi connectivity index (χ0n) is 11.4. The molecule has 1 aliphatic carbocycles. The lowest BCUT2D eigenvalue weighted by Gasteiger charge is -2.35. The number of aliphatic hydroxyl groups is 1. The molecule has 7 nitrogen and oxygen atoms in total. The van der Waals surface area contributed by atoms with Crippen LogP contribution in [0.3, 0.4) is 0 Å². The first-order chi connectivity index (χ1) is 9.53. The van der Waals surface area contributed by atoms with Gasteiger partial charge in [-0.15, -0.1) is 0 Å². The van der Waals surface area contributed by atoms with Gasteiger partial charge in [-0.25, -0.2) is 9.59 Å². The topological polar surface area (TPSA) is 108 Å². The van der Waals surface area contributed by atoms with Crippen LogP contribution < -0.4 is 10.6 Å². The Morgan fingerprint density at radius 1 is 1.15 bits per heavy atom. The van der Waals surface area contributed by atoms with Crippen molar-refractivity contribution in [2.24, 2.45) is 0 Å². The second-order valence-corrected chi connectivity index (χ2v) is 5.56. The van der Waals surface area contributed by atoms with Gasteiger partial charge in [-0.2, -0.15) is 0 Å². The molecule has 2 amide bonds. The number of amides is 2. The molecule has 0 bridgehead atoms. The van der Waals surface area contributed by atoms with Gasteiger partial charge in [0.2, 0.25) is 0 Å².